The van der Waals surface area contributed by atoms with Gasteiger partial charge in [-0.1, -0.05) is 72.4 Å². The third-order valence-corrected chi connectivity index (χ3v) is 5.46. The van der Waals surface area contributed by atoms with Crippen molar-refractivity contribution in [2.45, 2.75) is 0 Å². The van der Waals surface area contributed by atoms with E-state index in [0.29, 0.717) is 14.8 Å². The van der Waals surface area contributed by atoms with E-state index in [9.17, 15) is 9.59 Å². The van der Waals surface area contributed by atoms with Crippen LogP contribution < -0.4 is 5.43 Å². The molecule has 3 aromatic carbocycles. The van der Waals surface area contributed by atoms with Gasteiger partial charge in [0.2, 0.25) is 0 Å². The summed E-state index contributed by atoms with van der Waals surface area (Å²) in [6.45, 7) is 0. The third-order valence-electron chi connectivity index (χ3n) is 4.15. The summed E-state index contributed by atoms with van der Waals surface area (Å²) in [5.41, 5.74) is 3.99. The molecule has 1 aliphatic heterocycles. The number of nitrogens with zero attached hydrogens (tertiary/aromatic N) is 1. The molecule has 0 saturated carbocycles. The average Bonchev–Trinajstić information content (AvgIpc) is 2.96. The summed E-state index contributed by atoms with van der Waals surface area (Å²) in [5.74, 6) is -0.708. The van der Waals surface area contributed by atoms with E-state index < -0.39 is 0 Å². The van der Waals surface area contributed by atoms with Crippen molar-refractivity contribution in [1.82, 2.24) is 10.4 Å². The molecule has 1 aliphatic rings. The molecule has 4 rings (SSSR count). The number of benzene rings is 3. The molecule has 3 aromatic rings. The number of thioether (sulfide) groups is 1. The molecule has 0 bridgehead atoms. The van der Waals surface area contributed by atoms with Gasteiger partial charge in [-0.2, -0.15) is 5.01 Å². The molecular weight excluding hydrogens is 376 g/mol. The second-order valence-corrected chi connectivity index (χ2v) is 7.57. The summed E-state index contributed by atoms with van der Waals surface area (Å²) in [5, 5.41) is 3.28. The number of carbonyl (C=O) groups excluding carboxylic acids is 2. The van der Waals surface area contributed by atoms with Crippen molar-refractivity contribution in [3.05, 3.63) is 88.8 Å². The lowest BCUT2D eigenvalue weighted by atomic mass is 10.0. The number of fused-ring (bicyclic) bond motifs is 1. The number of nitrogens with one attached hydrogen (secondary N) is 1. The van der Waals surface area contributed by atoms with Gasteiger partial charge in [0.15, 0.2) is 4.32 Å². The summed E-state index contributed by atoms with van der Waals surface area (Å²) >= 11 is 6.46. The molecule has 1 saturated heterocycles. The molecule has 6 heteroatoms. The fraction of sp³-hybridized carbons (Fsp3) is 0. The van der Waals surface area contributed by atoms with Crippen molar-refractivity contribution in [2.24, 2.45) is 0 Å². The van der Waals surface area contributed by atoms with Crippen LogP contribution in [0.15, 0.2) is 77.7 Å². The first kappa shape index (κ1) is 17.5. The number of thiocarbonyl (C=S) groups is 1. The minimum atomic E-state index is -0.377. The van der Waals surface area contributed by atoms with Gasteiger partial charge in [-0.25, -0.2) is 0 Å². The van der Waals surface area contributed by atoms with Crippen LogP contribution in [0.5, 0.6) is 0 Å². The topological polar surface area (TPSA) is 49.4 Å². The average molecular weight is 390 g/mol. The second-order valence-electron chi connectivity index (χ2n) is 5.89. The normalized spacial score (nSPS) is 15.6. The first-order valence-electron chi connectivity index (χ1n) is 8.25. The van der Waals surface area contributed by atoms with Crippen molar-refractivity contribution in [3.63, 3.8) is 0 Å². The maximum atomic E-state index is 12.8. The molecule has 0 radical (unpaired) electrons. The predicted octanol–water partition coefficient (Wildman–Crippen LogP) is 4.39. The maximum Gasteiger partial charge on any atom is 0.285 e. The lowest BCUT2D eigenvalue weighted by molar-refractivity contribution is -0.123. The minimum absolute atomic E-state index is 0.302. The van der Waals surface area contributed by atoms with E-state index in [1.807, 2.05) is 54.6 Å². The first-order chi connectivity index (χ1) is 13.1. The van der Waals surface area contributed by atoms with Crippen LogP contribution in [-0.2, 0) is 4.79 Å². The number of amides is 2. The van der Waals surface area contributed by atoms with Gasteiger partial charge in [-0.3, -0.25) is 15.0 Å². The maximum absolute atomic E-state index is 12.8. The Morgan fingerprint density at radius 1 is 0.963 bits per heavy atom. The van der Waals surface area contributed by atoms with Crippen molar-refractivity contribution < 1.29 is 9.59 Å². The Hall–Kier alpha value is -2.96. The highest BCUT2D eigenvalue weighted by atomic mass is 32.2. The fourth-order valence-electron chi connectivity index (χ4n) is 2.84. The summed E-state index contributed by atoms with van der Waals surface area (Å²) in [7, 11) is 0. The van der Waals surface area contributed by atoms with Gasteiger partial charge in [-0.15, -0.1) is 0 Å². The Morgan fingerprint density at radius 2 is 1.67 bits per heavy atom. The zero-order valence-corrected chi connectivity index (χ0v) is 15.7. The monoisotopic (exact) mass is 390 g/mol. The quantitative estimate of drug-likeness (QED) is 0.532. The highest BCUT2D eigenvalue weighted by Crippen LogP contribution is 2.33. The van der Waals surface area contributed by atoms with Crippen molar-refractivity contribution >= 4 is 57.0 Å². The van der Waals surface area contributed by atoms with Crippen LogP contribution in [-0.4, -0.2) is 21.1 Å². The molecule has 132 valence electrons. The number of hydrogen-bond donors (Lipinski definition) is 1. The Kier molecular flexibility index (Phi) is 4.75. The lowest BCUT2D eigenvalue weighted by Gasteiger charge is -2.15. The number of rotatable bonds is 3. The van der Waals surface area contributed by atoms with Gasteiger partial charge in [0.05, 0.1) is 4.91 Å². The molecule has 0 aliphatic carbocycles. The minimum Gasteiger partial charge on any atom is -0.267 e. The van der Waals surface area contributed by atoms with E-state index in [0.717, 1.165) is 21.3 Å². The molecule has 2 amide bonds. The van der Waals surface area contributed by atoms with Crippen molar-refractivity contribution in [2.75, 3.05) is 0 Å². The third kappa shape index (κ3) is 3.49. The van der Waals surface area contributed by atoms with Gasteiger partial charge in [0.1, 0.15) is 0 Å². The fourth-order valence-corrected chi connectivity index (χ4v) is 4.01. The van der Waals surface area contributed by atoms with Gasteiger partial charge in [-0.05, 0) is 46.8 Å². The van der Waals surface area contributed by atoms with Gasteiger partial charge < -0.3 is 0 Å². The number of hydrogen-bond acceptors (Lipinski definition) is 4. The molecule has 27 heavy (non-hydrogen) atoms. The van der Waals surface area contributed by atoms with Gasteiger partial charge in [0, 0.05) is 5.56 Å². The highest BCUT2D eigenvalue weighted by molar-refractivity contribution is 8.26. The summed E-state index contributed by atoms with van der Waals surface area (Å²) in [6, 6.07) is 22.6. The zero-order valence-electron chi connectivity index (χ0n) is 14.1. The van der Waals surface area contributed by atoms with E-state index in [1.54, 1.807) is 24.3 Å². The van der Waals surface area contributed by atoms with Crippen LogP contribution in [0.3, 0.4) is 0 Å². The van der Waals surface area contributed by atoms with Crippen LogP contribution in [0, 0.1) is 0 Å². The molecule has 0 unspecified atom stereocenters. The number of carbonyl (C=O) groups is 2. The Labute approximate surface area is 165 Å². The molecule has 0 spiro atoms. The predicted molar refractivity (Wildman–Crippen MR) is 113 cm³/mol. The second kappa shape index (κ2) is 7.34. The van der Waals surface area contributed by atoms with Crippen molar-refractivity contribution in [1.29, 1.82) is 0 Å². The zero-order chi connectivity index (χ0) is 18.8. The summed E-state index contributed by atoms with van der Waals surface area (Å²) < 4.78 is 0.302. The molecule has 1 N–H and O–H groups in total. The molecule has 0 atom stereocenters. The molecule has 0 aromatic heterocycles. The molecule has 1 fully saturated rings. The first-order valence-corrected chi connectivity index (χ1v) is 9.48. The number of hydrazine groups is 1. The summed E-state index contributed by atoms with van der Waals surface area (Å²) in [4.78, 5) is 25.6. The van der Waals surface area contributed by atoms with Crippen LogP contribution >= 0.6 is 24.0 Å². The van der Waals surface area contributed by atoms with E-state index in [4.69, 9.17) is 12.2 Å². The standard InChI is InChI=1S/C21H14N2O2S2/c24-19(15-8-2-1-3-9-15)22-23-20(25)18(27-21(23)26)13-16-11-6-10-14-7-4-5-12-17(14)16/h1-13H,(H,22,24)/b18-13-. The van der Waals surface area contributed by atoms with E-state index >= 15 is 0 Å². The largest absolute Gasteiger partial charge is 0.285 e. The smallest absolute Gasteiger partial charge is 0.267 e. The molecular formula is C21H14N2O2S2. The Balaban J connectivity index is 1.61. The van der Waals surface area contributed by atoms with E-state index in [1.165, 1.54) is 11.8 Å². The summed E-state index contributed by atoms with van der Waals surface area (Å²) in [6.07, 6.45) is 1.82. The van der Waals surface area contributed by atoms with Gasteiger partial charge in [0.25, 0.3) is 11.8 Å². The van der Waals surface area contributed by atoms with Crippen LogP contribution in [0.25, 0.3) is 16.8 Å². The molecule has 1 heterocycles. The Bertz CT molecular complexity index is 1090. The van der Waals surface area contributed by atoms with Crippen LogP contribution in [0.4, 0.5) is 0 Å². The Morgan fingerprint density at radius 3 is 2.48 bits per heavy atom. The van der Waals surface area contributed by atoms with Crippen LogP contribution in [0.1, 0.15) is 15.9 Å². The van der Waals surface area contributed by atoms with Crippen molar-refractivity contribution in [3.8, 4) is 0 Å². The van der Waals surface area contributed by atoms with Crippen LogP contribution in [0.2, 0.25) is 0 Å². The lowest BCUT2D eigenvalue weighted by Crippen LogP contribution is -2.44. The SMILES string of the molecule is O=C(NN1C(=O)/C(=C/c2cccc3ccccc23)SC1=S)c1ccccc1. The van der Waals surface area contributed by atoms with E-state index in [-0.39, 0.29) is 11.8 Å². The highest BCUT2D eigenvalue weighted by Gasteiger charge is 2.33. The van der Waals surface area contributed by atoms with Gasteiger partial charge >= 0.3 is 0 Å². The molecule has 4 nitrogen and oxygen atoms in total. The van der Waals surface area contributed by atoms with E-state index in [2.05, 4.69) is 5.43 Å².